The molecule has 4 fully saturated rings. The van der Waals surface area contributed by atoms with Crippen LogP contribution >= 0.6 is 0 Å². The number of nitrogens with one attached hydrogen (secondary N) is 3. The predicted octanol–water partition coefficient (Wildman–Crippen LogP) is 5.66. The zero-order valence-corrected chi connectivity index (χ0v) is 34.9. The van der Waals surface area contributed by atoms with Crippen LogP contribution in [-0.2, 0) is 29.1 Å². The van der Waals surface area contributed by atoms with Gasteiger partial charge in [0.2, 0.25) is 21.8 Å². The number of ether oxygens (including phenoxy) is 3. The van der Waals surface area contributed by atoms with Gasteiger partial charge >= 0.3 is 6.09 Å². The second kappa shape index (κ2) is 16.9. The van der Waals surface area contributed by atoms with Crippen LogP contribution in [0.5, 0.6) is 11.5 Å². The highest BCUT2D eigenvalue weighted by atomic mass is 32.2. The first kappa shape index (κ1) is 41.3. The van der Waals surface area contributed by atoms with Crippen LogP contribution in [0.25, 0.3) is 28.2 Å². The fraction of sp³-hybridized carbons (Fsp3) is 0.489. The summed E-state index contributed by atoms with van der Waals surface area (Å²) in [4.78, 5) is 63.2. The Labute approximate surface area is 350 Å². The number of nitrogens with zero attached hydrogens (tertiary/aromatic N) is 2. The number of pyridine rings is 1. The van der Waals surface area contributed by atoms with Gasteiger partial charge < -0.3 is 29.7 Å². The second-order valence-corrected chi connectivity index (χ2v) is 19.0. The van der Waals surface area contributed by atoms with E-state index in [0.717, 1.165) is 30.4 Å². The van der Waals surface area contributed by atoms with Gasteiger partial charge in [0.05, 0.1) is 36.7 Å². The van der Waals surface area contributed by atoms with E-state index in [2.05, 4.69) is 21.9 Å². The fourth-order valence-electron chi connectivity index (χ4n) is 8.88. The van der Waals surface area contributed by atoms with Gasteiger partial charge in [0, 0.05) is 41.0 Å². The molecular formula is C45H53N5O9S. The van der Waals surface area contributed by atoms with Gasteiger partial charge in [-0.1, -0.05) is 74.7 Å². The Kier molecular flexibility index (Phi) is 11.6. The van der Waals surface area contributed by atoms with Crippen LogP contribution in [0, 0.1) is 17.8 Å². The van der Waals surface area contributed by atoms with Crippen LogP contribution in [0.15, 0.2) is 67.3 Å². The van der Waals surface area contributed by atoms with Crippen molar-refractivity contribution in [3.05, 3.63) is 72.8 Å². The molecule has 1 aromatic heterocycles. The minimum atomic E-state index is -3.92. The number of aromatic nitrogens is 1. The monoisotopic (exact) mass is 839 g/mol. The number of allylic oxidation sites excluding steroid dienone is 1. The Balaban J connectivity index is 1.19. The molecule has 6 atom stereocenters. The highest BCUT2D eigenvalue weighted by Crippen LogP contribution is 2.46. The summed E-state index contributed by atoms with van der Waals surface area (Å²) in [6.45, 7) is 5.90. The van der Waals surface area contributed by atoms with E-state index in [1.54, 1.807) is 7.11 Å². The first-order chi connectivity index (χ1) is 28.9. The number of cyclic esters (lactones) is 1. The maximum absolute atomic E-state index is 15.0. The molecular weight excluding hydrogens is 787 g/mol. The van der Waals surface area contributed by atoms with Gasteiger partial charge in [0.15, 0.2) is 0 Å². The smallest absolute Gasteiger partial charge is 0.407 e. The molecule has 1 unspecified atom stereocenters. The molecule has 318 valence electrons. The molecule has 3 saturated carbocycles. The lowest BCUT2D eigenvalue weighted by Crippen LogP contribution is -2.59. The second-order valence-electron chi connectivity index (χ2n) is 17.0. The Morgan fingerprint density at radius 1 is 1.07 bits per heavy atom. The molecule has 14 nitrogen and oxygen atoms in total. The lowest BCUT2D eigenvalue weighted by atomic mass is 9.83. The Bertz CT molecular complexity index is 2310. The van der Waals surface area contributed by atoms with Crippen molar-refractivity contribution in [3.63, 3.8) is 0 Å². The molecule has 5 aliphatic rings. The van der Waals surface area contributed by atoms with Crippen LogP contribution in [0.2, 0.25) is 0 Å². The summed E-state index contributed by atoms with van der Waals surface area (Å²) in [6.07, 6.45) is 9.97. The van der Waals surface area contributed by atoms with Crippen LogP contribution in [-0.4, -0.2) is 91.4 Å². The van der Waals surface area contributed by atoms with E-state index < -0.39 is 68.7 Å². The normalized spacial score (nSPS) is 28.0. The van der Waals surface area contributed by atoms with Crippen molar-refractivity contribution in [2.45, 2.75) is 100 Å². The first-order valence-corrected chi connectivity index (χ1v) is 22.6. The van der Waals surface area contributed by atoms with Crippen LogP contribution < -0.4 is 24.8 Å². The summed E-state index contributed by atoms with van der Waals surface area (Å²) >= 11 is 0. The minimum Gasteiger partial charge on any atom is -0.496 e. The summed E-state index contributed by atoms with van der Waals surface area (Å²) in [5.74, 6) is -1.59. The van der Waals surface area contributed by atoms with E-state index in [9.17, 15) is 27.6 Å². The third kappa shape index (κ3) is 8.59. The third-order valence-electron chi connectivity index (χ3n) is 12.6. The highest BCUT2D eigenvalue weighted by Gasteiger charge is 2.62. The van der Waals surface area contributed by atoms with E-state index in [1.807, 2.05) is 67.6 Å². The van der Waals surface area contributed by atoms with Crippen LogP contribution in [0.4, 0.5) is 4.79 Å². The third-order valence-corrected chi connectivity index (χ3v) is 14.4. The van der Waals surface area contributed by atoms with Gasteiger partial charge in [-0.15, -0.1) is 6.58 Å². The summed E-state index contributed by atoms with van der Waals surface area (Å²) < 4.78 is 46.3. The summed E-state index contributed by atoms with van der Waals surface area (Å²) in [5, 5.41) is 5.81. The standard InChI is InChI=1S/C45H53N5O9S/c1-4-31-24-45(31,43(53)49-60(55,56)33-18-19-33)48-41(51)37-21-32-25-50(37)42(52)40(29-15-9-6-10-16-29)47-44(54)58-26-27(2)12-11-17-30-20-34-36(23-38(30)57-3)46-35(22-39(34)59-32)28-13-7-5-8-14-28/h4-5,7-8,11,13-14,17,20,22-23,27,29,31-33,37,40H,1,6,9-10,12,15-16,18-19,21,24-26H2,2-3H3,(H,47,54)(H,48,51)(H,49,53)/b17-11+/t27?,31-,32-,37+,40+,45-/m1/s1. The number of fused-ring (bicyclic) bond motifs is 3. The number of sulfonamides is 1. The summed E-state index contributed by atoms with van der Waals surface area (Å²) in [5.41, 5.74) is 1.35. The molecule has 3 aromatic rings. The molecule has 0 radical (unpaired) electrons. The first-order valence-electron chi connectivity index (χ1n) is 21.0. The summed E-state index contributed by atoms with van der Waals surface area (Å²) in [7, 11) is -2.32. The molecule has 4 amide bonds. The van der Waals surface area contributed by atoms with E-state index in [-0.39, 0.29) is 37.8 Å². The molecule has 1 saturated heterocycles. The highest BCUT2D eigenvalue weighted by molar-refractivity contribution is 7.91. The number of methoxy groups -OCH3 is 1. The van der Waals surface area contributed by atoms with Crippen molar-refractivity contribution < 1.29 is 41.8 Å². The topological polar surface area (TPSA) is 182 Å². The molecule has 3 heterocycles. The van der Waals surface area contributed by atoms with E-state index in [4.69, 9.17) is 19.2 Å². The molecule has 4 bridgehead atoms. The SMILES string of the molecule is C=C[C@@H]1C[C@]1(NC(=O)[C@@H]1C[C@@H]2CN1C(=O)[C@H](C1CCCCC1)NC(=O)OCC(C)C/C=C/c1cc3c(cc(-c4ccccc4)nc3cc1OC)O2)C(=O)NS(=O)(=O)C1CC1. The number of hydrogen-bond acceptors (Lipinski definition) is 10. The lowest BCUT2D eigenvalue weighted by Gasteiger charge is -2.34. The van der Waals surface area contributed by atoms with Gasteiger partial charge in [-0.25, -0.2) is 18.2 Å². The number of rotatable bonds is 9. The summed E-state index contributed by atoms with van der Waals surface area (Å²) in [6, 6.07) is 13.2. The Morgan fingerprint density at radius 2 is 1.83 bits per heavy atom. The Morgan fingerprint density at radius 3 is 2.53 bits per heavy atom. The number of carbonyl (C=O) groups is 4. The lowest BCUT2D eigenvalue weighted by molar-refractivity contribution is -0.142. The number of amides is 4. The molecule has 3 N–H and O–H groups in total. The van der Waals surface area contributed by atoms with Gasteiger partial charge in [0.1, 0.15) is 35.2 Å². The predicted molar refractivity (Wildman–Crippen MR) is 225 cm³/mol. The molecule has 3 aliphatic carbocycles. The fourth-order valence-corrected chi connectivity index (χ4v) is 10.2. The van der Waals surface area contributed by atoms with Gasteiger partial charge in [-0.2, -0.15) is 0 Å². The molecule has 0 spiro atoms. The number of alkyl carbamates (subject to hydrolysis) is 1. The maximum Gasteiger partial charge on any atom is 0.407 e. The van der Waals surface area contributed by atoms with Crippen molar-refractivity contribution in [3.8, 4) is 22.8 Å². The number of benzene rings is 2. The van der Waals surface area contributed by atoms with Crippen molar-refractivity contribution >= 4 is 50.8 Å². The molecule has 2 aliphatic heterocycles. The Hall–Kier alpha value is -5.44. The van der Waals surface area contributed by atoms with Crippen molar-refractivity contribution in [2.24, 2.45) is 17.8 Å². The van der Waals surface area contributed by atoms with Gasteiger partial charge in [-0.3, -0.25) is 19.1 Å². The minimum absolute atomic E-state index is 0.0125. The van der Waals surface area contributed by atoms with Crippen LogP contribution in [0.1, 0.15) is 76.7 Å². The zero-order chi connectivity index (χ0) is 42.2. The molecule has 2 aromatic carbocycles. The van der Waals surface area contributed by atoms with E-state index in [0.29, 0.717) is 60.2 Å². The largest absolute Gasteiger partial charge is 0.496 e. The molecule has 60 heavy (non-hydrogen) atoms. The van der Waals surface area contributed by atoms with Crippen LogP contribution in [0.3, 0.4) is 0 Å². The average Bonchev–Trinajstić information content (AvgIpc) is 4.18. The van der Waals surface area contributed by atoms with Crippen molar-refractivity contribution in [2.75, 3.05) is 20.3 Å². The zero-order valence-electron chi connectivity index (χ0n) is 34.1. The maximum atomic E-state index is 15.0. The van der Waals surface area contributed by atoms with Crippen molar-refractivity contribution in [1.29, 1.82) is 0 Å². The molecule has 8 rings (SSSR count). The van der Waals surface area contributed by atoms with E-state index in [1.165, 1.54) is 11.0 Å². The van der Waals surface area contributed by atoms with Gasteiger partial charge in [-0.05, 0) is 56.4 Å². The molecule has 15 heteroatoms. The number of hydrogen-bond donors (Lipinski definition) is 3. The van der Waals surface area contributed by atoms with Gasteiger partial charge in [0.25, 0.3) is 5.91 Å². The number of carbonyl (C=O) groups excluding carboxylic acids is 4. The quantitative estimate of drug-likeness (QED) is 0.228. The average molecular weight is 840 g/mol. The van der Waals surface area contributed by atoms with Crippen molar-refractivity contribution in [1.82, 2.24) is 25.2 Å². The van der Waals surface area contributed by atoms with E-state index >= 15 is 0 Å².